The number of thiophene rings is 1. The summed E-state index contributed by atoms with van der Waals surface area (Å²) in [6.07, 6.45) is 5.06. The van der Waals surface area contributed by atoms with Gasteiger partial charge >= 0.3 is 0 Å². The van der Waals surface area contributed by atoms with E-state index in [2.05, 4.69) is 15.2 Å². The fourth-order valence-electron chi connectivity index (χ4n) is 3.71. The number of pyridine rings is 1. The van der Waals surface area contributed by atoms with E-state index in [4.69, 9.17) is 0 Å². The molecule has 0 radical (unpaired) electrons. The van der Waals surface area contributed by atoms with Gasteiger partial charge in [0.25, 0.3) is 5.91 Å². The molecule has 3 atom stereocenters. The van der Waals surface area contributed by atoms with Gasteiger partial charge in [-0.3, -0.25) is 9.59 Å². The molecule has 22 heavy (non-hydrogen) atoms. The van der Waals surface area contributed by atoms with Crippen molar-refractivity contribution in [1.82, 2.24) is 15.2 Å². The number of hydrogen-bond donors (Lipinski definition) is 2. The maximum atomic E-state index is 12.5. The Labute approximate surface area is 132 Å². The number of hydrogen-bond acceptors (Lipinski definition) is 4. The van der Waals surface area contributed by atoms with Crippen LogP contribution in [0, 0.1) is 5.92 Å². The van der Waals surface area contributed by atoms with Crippen molar-refractivity contribution in [2.24, 2.45) is 5.92 Å². The van der Waals surface area contributed by atoms with Gasteiger partial charge in [-0.25, -0.2) is 0 Å². The van der Waals surface area contributed by atoms with Crippen LogP contribution in [0.1, 0.15) is 29.6 Å². The van der Waals surface area contributed by atoms with E-state index in [1.165, 1.54) is 24.2 Å². The Bertz CT molecular complexity index is 762. The molecule has 0 aromatic carbocycles. The number of H-pyrrole nitrogens is 1. The van der Waals surface area contributed by atoms with Crippen molar-refractivity contribution in [3.8, 4) is 0 Å². The van der Waals surface area contributed by atoms with Gasteiger partial charge in [0.1, 0.15) is 5.56 Å². The van der Waals surface area contributed by atoms with E-state index in [9.17, 15) is 9.59 Å². The van der Waals surface area contributed by atoms with Crippen molar-refractivity contribution < 1.29 is 4.79 Å². The molecule has 5 nitrogen and oxygen atoms in total. The third kappa shape index (κ3) is 2.36. The van der Waals surface area contributed by atoms with Gasteiger partial charge in [-0.1, -0.05) is 0 Å². The Hall–Kier alpha value is -1.66. The summed E-state index contributed by atoms with van der Waals surface area (Å²) >= 11 is 1.38. The lowest BCUT2D eigenvalue weighted by molar-refractivity contribution is 0.0879. The van der Waals surface area contributed by atoms with E-state index in [1.807, 2.05) is 11.4 Å². The molecule has 2 aromatic heterocycles. The van der Waals surface area contributed by atoms with Crippen molar-refractivity contribution in [2.45, 2.75) is 25.3 Å². The molecule has 3 saturated heterocycles. The van der Waals surface area contributed by atoms with Gasteiger partial charge in [0.15, 0.2) is 0 Å². The summed E-state index contributed by atoms with van der Waals surface area (Å²) in [6, 6.07) is 2.03. The summed E-state index contributed by atoms with van der Waals surface area (Å²) < 4.78 is 0.624. The Balaban J connectivity index is 1.58. The second-order valence-corrected chi connectivity index (χ2v) is 7.18. The highest BCUT2D eigenvalue weighted by Crippen LogP contribution is 2.27. The van der Waals surface area contributed by atoms with Crippen LogP contribution in [-0.4, -0.2) is 41.5 Å². The first kappa shape index (κ1) is 14.0. The number of rotatable bonds is 2. The molecule has 2 N–H and O–H groups in total. The maximum Gasteiger partial charge on any atom is 0.257 e. The maximum absolute atomic E-state index is 12.5. The number of carbonyl (C=O) groups is 1. The van der Waals surface area contributed by atoms with Crippen LogP contribution in [0.2, 0.25) is 0 Å². The monoisotopic (exact) mass is 317 g/mol. The molecule has 5 heterocycles. The van der Waals surface area contributed by atoms with E-state index >= 15 is 0 Å². The van der Waals surface area contributed by atoms with Gasteiger partial charge in [-0.05, 0) is 49.7 Å². The fraction of sp³-hybridized carbons (Fsp3) is 0.500. The third-order valence-corrected chi connectivity index (χ3v) is 5.85. The Morgan fingerprint density at radius 3 is 3.18 bits per heavy atom. The van der Waals surface area contributed by atoms with Crippen LogP contribution >= 0.6 is 11.3 Å². The molecule has 3 unspecified atom stereocenters. The van der Waals surface area contributed by atoms with Crippen molar-refractivity contribution in [3.63, 3.8) is 0 Å². The predicted molar refractivity (Wildman–Crippen MR) is 87.5 cm³/mol. The van der Waals surface area contributed by atoms with Gasteiger partial charge < -0.3 is 15.2 Å². The lowest BCUT2D eigenvalue weighted by atomic mass is 9.90. The van der Waals surface area contributed by atoms with Gasteiger partial charge in [-0.2, -0.15) is 0 Å². The molecule has 2 aromatic rings. The summed E-state index contributed by atoms with van der Waals surface area (Å²) in [4.78, 5) is 30.4. The van der Waals surface area contributed by atoms with E-state index in [1.54, 1.807) is 6.20 Å². The highest BCUT2D eigenvalue weighted by atomic mass is 32.1. The summed E-state index contributed by atoms with van der Waals surface area (Å²) in [5.41, 5.74) is 0.858. The summed E-state index contributed by atoms with van der Waals surface area (Å²) in [6.45, 7) is 3.18. The molecular weight excluding hydrogens is 298 g/mol. The van der Waals surface area contributed by atoms with Crippen molar-refractivity contribution >= 4 is 27.5 Å². The molecule has 2 bridgehead atoms. The van der Waals surface area contributed by atoms with Crippen LogP contribution in [0.3, 0.4) is 0 Å². The standard InChI is InChI=1S/C16H19N3O2S/c20-14-11(8-17-12-4-7-22-15(12)14)16(21)18-13-9-19-5-1-2-10(13)3-6-19/h4,7-8,10,13H,1-3,5-6,9H2,(H,17,20)(H,18,21). The molecule has 0 saturated carbocycles. The molecule has 1 amide bonds. The smallest absolute Gasteiger partial charge is 0.257 e. The first-order valence-electron chi connectivity index (χ1n) is 7.84. The minimum atomic E-state index is -0.240. The number of carbonyl (C=O) groups excluding carboxylic acids is 1. The predicted octanol–water partition coefficient (Wildman–Crippen LogP) is 1.80. The third-order valence-electron chi connectivity index (χ3n) is 4.94. The van der Waals surface area contributed by atoms with E-state index in [0.29, 0.717) is 10.6 Å². The van der Waals surface area contributed by atoms with Crippen molar-refractivity contribution in [2.75, 3.05) is 19.6 Å². The number of piperidine rings is 1. The van der Waals surface area contributed by atoms with Crippen LogP contribution in [-0.2, 0) is 0 Å². The first-order chi connectivity index (χ1) is 10.7. The van der Waals surface area contributed by atoms with Gasteiger partial charge in [0.2, 0.25) is 5.43 Å². The first-order valence-corrected chi connectivity index (χ1v) is 8.72. The zero-order valence-corrected chi connectivity index (χ0v) is 13.1. The molecule has 0 aliphatic carbocycles. The second-order valence-electron chi connectivity index (χ2n) is 6.27. The lowest BCUT2D eigenvalue weighted by Gasteiger charge is -2.35. The SMILES string of the molecule is O=C(NC1CN2CCCC1CC2)c1c[nH]c2ccsc2c1=O. The number of aromatic nitrogens is 1. The van der Waals surface area contributed by atoms with E-state index < -0.39 is 0 Å². The van der Waals surface area contributed by atoms with E-state index in [-0.39, 0.29) is 22.9 Å². The van der Waals surface area contributed by atoms with Gasteiger partial charge in [-0.15, -0.1) is 11.3 Å². The molecule has 5 rings (SSSR count). The van der Waals surface area contributed by atoms with Gasteiger partial charge in [0.05, 0.1) is 10.2 Å². The quantitative estimate of drug-likeness (QED) is 0.888. The molecule has 116 valence electrons. The zero-order chi connectivity index (χ0) is 15.1. The largest absolute Gasteiger partial charge is 0.359 e. The topological polar surface area (TPSA) is 65.2 Å². The van der Waals surface area contributed by atoms with Crippen LogP contribution in [0.5, 0.6) is 0 Å². The van der Waals surface area contributed by atoms with Crippen molar-refractivity contribution in [3.05, 3.63) is 33.4 Å². The Kier molecular flexibility index (Phi) is 3.50. The number of fused-ring (bicyclic) bond motifs is 5. The average Bonchev–Trinajstić information content (AvgIpc) is 2.78. The fourth-order valence-corrected chi connectivity index (χ4v) is 4.52. The molecule has 3 aliphatic rings. The summed E-state index contributed by atoms with van der Waals surface area (Å²) in [5.74, 6) is 0.308. The average molecular weight is 317 g/mol. The Morgan fingerprint density at radius 1 is 1.36 bits per heavy atom. The number of amides is 1. The van der Waals surface area contributed by atoms with E-state index in [0.717, 1.165) is 31.6 Å². The second kappa shape index (κ2) is 5.52. The number of nitrogens with one attached hydrogen (secondary N) is 2. The number of nitrogens with zero attached hydrogens (tertiary/aromatic N) is 1. The zero-order valence-electron chi connectivity index (χ0n) is 12.3. The molecular formula is C16H19N3O2S. The van der Waals surface area contributed by atoms with Gasteiger partial charge in [0, 0.05) is 18.8 Å². The van der Waals surface area contributed by atoms with Crippen LogP contribution < -0.4 is 10.7 Å². The number of aromatic amines is 1. The highest BCUT2D eigenvalue weighted by molar-refractivity contribution is 7.17. The minimum Gasteiger partial charge on any atom is -0.359 e. The van der Waals surface area contributed by atoms with Crippen LogP contribution in [0.15, 0.2) is 22.4 Å². The van der Waals surface area contributed by atoms with Crippen LogP contribution in [0.4, 0.5) is 0 Å². The van der Waals surface area contributed by atoms with Crippen molar-refractivity contribution in [1.29, 1.82) is 0 Å². The van der Waals surface area contributed by atoms with Crippen LogP contribution in [0.25, 0.3) is 10.2 Å². The minimum absolute atomic E-state index is 0.166. The molecule has 6 heteroatoms. The molecule has 3 fully saturated rings. The molecule has 0 spiro atoms. The lowest BCUT2D eigenvalue weighted by Crippen LogP contribution is -2.51. The Morgan fingerprint density at radius 2 is 2.27 bits per heavy atom. The summed E-state index contributed by atoms with van der Waals surface area (Å²) in [7, 11) is 0. The highest BCUT2D eigenvalue weighted by Gasteiger charge is 2.33. The summed E-state index contributed by atoms with van der Waals surface area (Å²) in [5, 5.41) is 4.97. The normalized spacial score (nSPS) is 27.7. The molecule has 3 aliphatic heterocycles.